The van der Waals surface area contributed by atoms with Gasteiger partial charge in [-0.3, -0.25) is 0 Å². The standard InChI is InChI=1S/C15H21ClN2O4S/c1-10(17)11-4-3-7-18(9-11)23(20,21)12-5-6-13(14(16)8-12)15(19)22-2/h5-6,8,10-11H,3-4,7,9,17H2,1-2H3. The highest BCUT2D eigenvalue weighted by atomic mass is 35.5. The van der Waals surface area contributed by atoms with Gasteiger partial charge in [0.1, 0.15) is 0 Å². The van der Waals surface area contributed by atoms with Gasteiger partial charge in [0.15, 0.2) is 0 Å². The molecule has 2 rings (SSSR count). The number of nitrogens with zero attached hydrogens (tertiary/aromatic N) is 1. The second-order valence-corrected chi connectivity index (χ2v) is 8.10. The number of carbonyl (C=O) groups is 1. The van der Waals surface area contributed by atoms with E-state index in [-0.39, 0.29) is 27.4 Å². The molecule has 1 fully saturated rings. The average molecular weight is 361 g/mol. The van der Waals surface area contributed by atoms with E-state index in [2.05, 4.69) is 4.74 Å². The lowest BCUT2D eigenvalue weighted by Crippen LogP contribution is -2.44. The number of hydrogen-bond acceptors (Lipinski definition) is 5. The van der Waals surface area contributed by atoms with Crippen LogP contribution in [0.15, 0.2) is 23.1 Å². The van der Waals surface area contributed by atoms with E-state index in [0.717, 1.165) is 12.8 Å². The van der Waals surface area contributed by atoms with E-state index in [1.165, 1.54) is 29.6 Å². The maximum Gasteiger partial charge on any atom is 0.339 e. The molecule has 128 valence electrons. The van der Waals surface area contributed by atoms with E-state index in [0.29, 0.717) is 13.1 Å². The zero-order chi connectivity index (χ0) is 17.2. The smallest absolute Gasteiger partial charge is 0.339 e. The third kappa shape index (κ3) is 3.85. The summed E-state index contributed by atoms with van der Waals surface area (Å²) in [7, 11) is -2.42. The molecule has 1 aliphatic heterocycles. The minimum absolute atomic E-state index is 0.0543. The van der Waals surface area contributed by atoms with Crippen molar-refractivity contribution in [1.82, 2.24) is 4.31 Å². The maximum absolute atomic E-state index is 12.8. The number of nitrogens with two attached hydrogens (primary N) is 1. The molecule has 1 aliphatic rings. The first-order valence-electron chi connectivity index (χ1n) is 7.41. The van der Waals surface area contributed by atoms with Crippen LogP contribution in [-0.4, -0.2) is 44.9 Å². The van der Waals surface area contributed by atoms with Gasteiger partial charge in [-0.1, -0.05) is 11.6 Å². The zero-order valence-electron chi connectivity index (χ0n) is 13.2. The first kappa shape index (κ1) is 18.2. The molecule has 2 atom stereocenters. The van der Waals surface area contributed by atoms with Crippen molar-refractivity contribution < 1.29 is 17.9 Å². The fourth-order valence-electron chi connectivity index (χ4n) is 2.70. The molecular weight excluding hydrogens is 340 g/mol. The van der Waals surface area contributed by atoms with Gasteiger partial charge in [-0.25, -0.2) is 13.2 Å². The fourth-order valence-corrected chi connectivity index (χ4v) is 4.59. The molecule has 2 N–H and O–H groups in total. The number of piperidine rings is 1. The molecule has 6 nitrogen and oxygen atoms in total. The van der Waals surface area contributed by atoms with Gasteiger partial charge in [0, 0.05) is 19.1 Å². The molecule has 1 aromatic rings. The molecule has 0 aromatic heterocycles. The Morgan fingerprint density at radius 2 is 2.17 bits per heavy atom. The highest BCUT2D eigenvalue weighted by Gasteiger charge is 2.32. The van der Waals surface area contributed by atoms with Crippen molar-refractivity contribution in [1.29, 1.82) is 0 Å². The second kappa shape index (κ2) is 7.17. The predicted octanol–water partition coefficient (Wildman–Crippen LogP) is 1.87. The van der Waals surface area contributed by atoms with Crippen LogP contribution in [0.3, 0.4) is 0 Å². The number of ether oxygens (including phenoxy) is 1. The van der Waals surface area contributed by atoms with Crippen LogP contribution in [0.5, 0.6) is 0 Å². The Kier molecular flexibility index (Phi) is 5.67. The van der Waals surface area contributed by atoms with Crippen molar-refractivity contribution in [3.63, 3.8) is 0 Å². The molecule has 23 heavy (non-hydrogen) atoms. The Morgan fingerprint density at radius 3 is 2.74 bits per heavy atom. The van der Waals surface area contributed by atoms with Gasteiger partial charge in [0.05, 0.1) is 22.6 Å². The van der Waals surface area contributed by atoms with Crippen molar-refractivity contribution >= 4 is 27.6 Å². The van der Waals surface area contributed by atoms with Crippen LogP contribution < -0.4 is 5.73 Å². The van der Waals surface area contributed by atoms with Crippen LogP contribution in [0, 0.1) is 5.92 Å². The van der Waals surface area contributed by atoms with E-state index >= 15 is 0 Å². The number of esters is 1. The van der Waals surface area contributed by atoms with Gasteiger partial charge >= 0.3 is 5.97 Å². The van der Waals surface area contributed by atoms with Gasteiger partial charge in [-0.15, -0.1) is 0 Å². The summed E-state index contributed by atoms with van der Waals surface area (Å²) < 4.78 is 31.6. The number of halogens is 1. The molecule has 1 heterocycles. The number of rotatable bonds is 4. The Labute approximate surface area is 141 Å². The summed E-state index contributed by atoms with van der Waals surface area (Å²) in [6, 6.07) is 3.98. The van der Waals surface area contributed by atoms with E-state index in [4.69, 9.17) is 17.3 Å². The Hall–Kier alpha value is -1.15. The molecule has 2 unspecified atom stereocenters. The monoisotopic (exact) mass is 360 g/mol. The molecular formula is C15H21ClN2O4S. The quantitative estimate of drug-likeness (QED) is 0.828. The van der Waals surface area contributed by atoms with Crippen LogP contribution in [0.25, 0.3) is 0 Å². The van der Waals surface area contributed by atoms with Crippen molar-refractivity contribution in [2.24, 2.45) is 11.7 Å². The first-order chi connectivity index (χ1) is 10.8. The van der Waals surface area contributed by atoms with Crippen LogP contribution >= 0.6 is 11.6 Å². The molecule has 1 saturated heterocycles. The largest absolute Gasteiger partial charge is 0.465 e. The number of carbonyl (C=O) groups excluding carboxylic acids is 1. The molecule has 0 radical (unpaired) electrons. The summed E-state index contributed by atoms with van der Waals surface area (Å²) in [5.41, 5.74) is 6.05. The van der Waals surface area contributed by atoms with Gasteiger partial charge < -0.3 is 10.5 Å². The Bertz CT molecular complexity index is 691. The SMILES string of the molecule is COC(=O)c1ccc(S(=O)(=O)N2CCCC(C(C)N)C2)cc1Cl. The van der Waals surface area contributed by atoms with Crippen LogP contribution in [0.2, 0.25) is 5.02 Å². The minimum Gasteiger partial charge on any atom is -0.465 e. The lowest BCUT2D eigenvalue weighted by atomic mass is 9.93. The Morgan fingerprint density at radius 1 is 1.48 bits per heavy atom. The van der Waals surface area contributed by atoms with Crippen LogP contribution in [-0.2, 0) is 14.8 Å². The molecule has 0 amide bonds. The second-order valence-electron chi connectivity index (χ2n) is 5.76. The lowest BCUT2D eigenvalue weighted by molar-refractivity contribution is 0.0601. The number of benzene rings is 1. The minimum atomic E-state index is -3.66. The highest BCUT2D eigenvalue weighted by molar-refractivity contribution is 7.89. The Balaban J connectivity index is 2.29. The zero-order valence-corrected chi connectivity index (χ0v) is 14.7. The number of methoxy groups -OCH3 is 1. The van der Waals surface area contributed by atoms with Gasteiger partial charge in [0.2, 0.25) is 10.0 Å². The summed E-state index contributed by atoms with van der Waals surface area (Å²) in [4.78, 5) is 11.6. The molecule has 0 aliphatic carbocycles. The normalized spacial score (nSPS) is 21.0. The van der Waals surface area contributed by atoms with E-state index in [1.807, 2.05) is 6.92 Å². The third-order valence-corrected chi connectivity index (χ3v) is 6.32. The maximum atomic E-state index is 12.8. The molecule has 0 spiro atoms. The van der Waals surface area contributed by atoms with E-state index in [1.54, 1.807) is 0 Å². The number of sulfonamides is 1. The molecule has 0 saturated carbocycles. The summed E-state index contributed by atoms with van der Waals surface area (Å²) in [6.45, 7) is 2.75. The van der Waals surface area contributed by atoms with Crippen LogP contribution in [0.1, 0.15) is 30.1 Å². The van der Waals surface area contributed by atoms with Crippen LogP contribution in [0.4, 0.5) is 0 Å². The lowest BCUT2D eigenvalue weighted by Gasteiger charge is -2.33. The first-order valence-corrected chi connectivity index (χ1v) is 9.22. The van der Waals surface area contributed by atoms with Gasteiger partial charge in [-0.05, 0) is 43.9 Å². The fraction of sp³-hybridized carbons (Fsp3) is 0.533. The molecule has 1 aromatic carbocycles. The topological polar surface area (TPSA) is 89.7 Å². The van der Waals surface area contributed by atoms with Gasteiger partial charge in [0.25, 0.3) is 0 Å². The third-order valence-electron chi connectivity index (χ3n) is 4.15. The van der Waals surface area contributed by atoms with Crippen molar-refractivity contribution in [2.75, 3.05) is 20.2 Å². The molecule has 8 heteroatoms. The summed E-state index contributed by atoms with van der Waals surface area (Å²) in [5, 5.41) is 0.0543. The van der Waals surface area contributed by atoms with Crippen molar-refractivity contribution in [2.45, 2.75) is 30.7 Å². The molecule has 0 bridgehead atoms. The van der Waals surface area contributed by atoms with E-state index < -0.39 is 16.0 Å². The van der Waals surface area contributed by atoms with E-state index in [9.17, 15) is 13.2 Å². The summed E-state index contributed by atoms with van der Waals surface area (Å²) in [6.07, 6.45) is 1.70. The number of hydrogen-bond donors (Lipinski definition) is 1. The van der Waals surface area contributed by atoms with Crippen molar-refractivity contribution in [3.05, 3.63) is 28.8 Å². The van der Waals surface area contributed by atoms with Crippen molar-refractivity contribution in [3.8, 4) is 0 Å². The average Bonchev–Trinajstić information content (AvgIpc) is 2.54. The summed E-state index contributed by atoms with van der Waals surface area (Å²) in [5.74, 6) is -0.461. The highest BCUT2D eigenvalue weighted by Crippen LogP contribution is 2.28. The predicted molar refractivity (Wildman–Crippen MR) is 87.9 cm³/mol. The van der Waals surface area contributed by atoms with Gasteiger partial charge in [-0.2, -0.15) is 4.31 Å². The summed E-state index contributed by atoms with van der Waals surface area (Å²) >= 11 is 6.02.